The Balaban J connectivity index is 2.08. The Morgan fingerprint density at radius 2 is 2.05 bits per heavy atom. The third-order valence-electron chi connectivity index (χ3n) is 3.36. The first kappa shape index (κ1) is 15.3. The maximum atomic E-state index is 12.1. The number of nitrogens with zero attached hydrogens (tertiary/aromatic N) is 2. The van der Waals surface area contributed by atoms with E-state index in [1.54, 1.807) is 11.9 Å². The van der Waals surface area contributed by atoms with E-state index in [1.165, 1.54) is 0 Å². The van der Waals surface area contributed by atoms with Crippen molar-refractivity contribution in [2.45, 2.75) is 13.3 Å². The van der Waals surface area contributed by atoms with Crippen molar-refractivity contribution in [3.63, 3.8) is 0 Å². The SMILES string of the molecule is CNCCN(C)C(=O)Cc1nc(-c2ccccc2)oc1C. The lowest BCUT2D eigenvalue weighted by Crippen LogP contribution is -2.33. The van der Waals surface area contributed by atoms with Crippen molar-refractivity contribution in [1.29, 1.82) is 0 Å². The van der Waals surface area contributed by atoms with Gasteiger partial charge in [-0.25, -0.2) is 4.98 Å². The van der Waals surface area contributed by atoms with Crippen LogP contribution in [0.4, 0.5) is 0 Å². The van der Waals surface area contributed by atoms with Gasteiger partial charge in [-0.05, 0) is 26.1 Å². The number of benzene rings is 1. The first-order valence-electron chi connectivity index (χ1n) is 7.02. The molecule has 1 N–H and O–H groups in total. The van der Waals surface area contributed by atoms with E-state index in [4.69, 9.17) is 4.42 Å². The molecular weight excluding hydrogens is 266 g/mol. The second-order valence-corrected chi connectivity index (χ2v) is 4.98. The Kier molecular flexibility index (Phi) is 5.11. The lowest BCUT2D eigenvalue weighted by molar-refractivity contribution is -0.129. The summed E-state index contributed by atoms with van der Waals surface area (Å²) in [4.78, 5) is 18.3. The Labute approximate surface area is 125 Å². The molecule has 21 heavy (non-hydrogen) atoms. The maximum absolute atomic E-state index is 12.1. The van der Waals surface area contributed by atoms with Crippen LogP contribution in [0, 0.1) is 6.92 Å². The van der Waals surface area contributed by atoms with Crippen LogP contribution in [0.1, 0.15) is 11.5 Å². The third kappa shape index (κ3) is 3.92. The Morgan fingerprint density at radius 3 is 2.71 bits per heavy atom. The van der Waals surface area contributed by atoms with Gasteiger partial charge in [-0.15, -0.1) is 0 Å². The van der Waals surface area contributed by atoms with Gasteiger partial charge in [0.05, 0.1) is 12.1 Å². The number of aromatic nitrogens is 1. The van der Waals surface area contributed by atoms with E-state index < -0.39 is 0 Å². The van der Waals surface area contributed by atoms with E-state index >= 15 is 0 Å². The molecule has 1 amide bonds. The van der Waals surface area contributed by atoms with Crippen molar-refractivity contribution in [2.75, 3.05) is 27.2 Å². The molecule has 0 bridgehead atoms. The molecular formula is C16H21N3O2. The number of carbonyl (C=O) groups is 1. The molecule has 5 heteroatoms. The summed E-state index contributed by atoms with van der Waals surface area (Å²) in [5.74, 6) is 1.30. The summed E-state index contributed by atoms with van der Waals surface area (Å²) in [7, 11) is 3.67. The highest BCUT2D eigenvalue weighted by Crippen LogP contribution is 2.21. The number of hydrogen-bond donors (Lipinski definition) is 1. The van der Waals surface area contributed by atoms with Crippen LogP contribution < -0.4 is 5.32 Å². The number of likely N-dealkylation sites (N-methyl/N-ethyl adjacent to an activating group) is 2. The van der Waals surface area contributed by atoms with E-state index in [2.05, 4.69) is 10.3 Å². The molecule has 0 aliphatic carbocycles. The zero-order valence-corrected chi connectivity index (χ0v) is 12.7. The van der Waals surface area contributed by atoms with E-state index in [0.29, 0.717) is 23.9 Å². The second-order valence-electron chi connectivity index (χ2n) is 4.98. The molecule has 112 valence electrons. The van der Waals surface area contributed by atoms with Crippen LogP contribution in [0.5, 0.6) is 0 Å². The zero-order chi connectivity index (χ0) is 15.2. The summed E-state index contributed by atoms with van der Waals surface area (Å²) in [6.07, 6.45) is 0.266. The van der Waals surface area contributed by atoms with E-state index in [0.717, 1.165) is 12.1 Å². The molecule has 0 aliphatic heterocycles. The summed E-state index contributed by atoms with van der Waals surface area (Å²) in [6, 6.07) is 9.70. The Morgan fingerprint density at radius 1 is 1.33 bits per heavy atom. The van der Waals surface area contributed by atoms with Crippen LogP contribution in [0.15, 0.2) is 34.7 Å². The summed E-state index contributed by atoms with van der Waals surface area (Å²) >= 11 is 0. The molecule has 5 nitrogen and oxygen atoms in total. The lowest BCUT2D eigenvalue weighted by atomic mass is 10.2. The molecule has 0 saturated carbocycles. The monoisotopic (exact) mass is 287 g/mol. The number of carbonyl (C=O) groups excluding carboxylic acids is 1. The number of amides is 1. The van der Waals surface area contributed by atoms with Crippen molar-refractivity contribution in [3.8, 4) is 11.5 Å². The van der Waals surface area contributed by atoms with Crippen molar-refractivity contribution < 1.29 is 9.21 Å². The van der Waals surface area contributed by atoms with Crippen LogP contribution in [0.25, 0.3) is 11.5 Å². The molecule has 0 radical (unpaired) electrons. The largest absolute Gasteiger partial charge is 0.441 e. The van der Waals surface area contributed by atoms with Gasteiger partial charge in [-0.2, -0.15) is 0 Å². The number of hydrogen-bond acceptors (Lipinski definition) is 4. The summed E-state index contributed by atoms with van der Waals surface area (Å²) in [5.41, 5.74) is 1.62. The van der Waals surface area contributed by atoms with Crippen LogP contribution in [-0.4, -0.2) is 43.0 Å². The fraction of sp³-hybridized carbons (Fsp3) is 0.375. The fourth-order valence-corrected chi connectivity index (χ4v) is 1.98. The fourth-order valence-electron chi connectivity index (χ4n) is 1.98. The topological polar surface area (TPSA) is 58.4 Å². The van der Waals surface area contributed by atoms with Crippen molar-refractivity contribution in [1.82, 2.24) is 15.2 Å². The van der Waals surface area contributed by atoms with Gasteiger partial charge in [0.2, 0.25) is 11.8 Å². The summed E-state index contributed by atoms with van der Waals surface area (Å²) < 4.78 is 5.67. The van der Waals surface area contributed by atoms with E-state index in [1.807, 2.05) is 44.3 Å². The lowest BCUT2D eigenvalue weighted by Gasteiger charge is -2.16. The molecule has 0 atom stereocenters. The first-order valence-corrected chi connectivity index (χ1v) is 7.02. The third-order valence-corrected chi connectivity index (χ3v) is 3.36. The van der Waals surface area contributed by atoms with Gasteiger partial charge in [-0.3, -0.25) is 4.79 Å². The molecule has 2 rings (SSSR count). The van der Waals surface area contributed by atoms with Gasteiger partial charge in [0.25, 0.3) is 0 Å². The van der Waals surface area contributed by atoms with Crippen LogP contribution in [0.2, 0.25) is 0 Å². The molecule has 0 spiro atoms. The Bertz CT molecular complexity index is 593. The average molecular weight is 287 g/mol. The highest BCUT2D eigenvalue weighted by Gasteiger charge is 2.16. The molecule has 2 aromatic rings. The molecule has 1 aromatic heterocycles. The minimum Gasteiger partial charge on any atom is -0.441 e. The zero-order valence-electron chi connectivity index (χ0n) is 12.7. The Hall–Kier alpha value is -2.14. The number of aryl methyl sites for hydroxylation is 1. The van der Waals surface area contributed by atoms with Crippen LogP contribution in [0.3, 0.4) is 0 Å². The van der Waals surface area contributed by atoms with Gasteiger partial charge in [0.15, 0.2) is 0 Å². The van der Waals surface area contributed by atoms with E-state index in [-0.39, 0.29) is 12.3 Å². The van der Waals surface area contributed by atoms with Gasteiger partial charge in [-0.1, -0.05) is 18.2 Å². The highest BCUT2D eigenvalue weighted by molar-refractivity contribution is 5.78. The molecule has 1 aromatic carbocycles. The van der Waals surface area contributed by atoms with Gasteiger partial charge < -0.3 is 14.6 Å². The maximum Gasteiger partial charge on any atom is 0.228 e. The van der Waals surface area contributed by atoms with Gasteiger partial charge in [0, 0.05) is 25.7 Å². The predicted octanol–water partition coefficient (Wildman–Crippen LogP) is 1.87. The van der Waals surface area contributed by atoms with Crippen LogP contribution in [-0.2, 0) is 11.2 Å². The summed E-state index contributed by atoms with van der Waals surface area (Å²) in [5, 5.41) is 3.03. The average Bonchev–Trinajstić information content (AvgIpc) is 2.86. The molecule has 0 unspecified atom stereocenters. The van der Waals surface area contributed by atoms with Crippen molar-refractivity contribution >= 4 is 5.91 Å². The number of nitrogens with one attached hydrogen (secondary N) is 1. The quantitative estimate of drug-likeness (QED) is 0.881. The molecule has 0 saturated heterocycles. The van der Waals surface area contributed by atoms with E-state index in [9.17, 15) is 4.79 Å². The standard InChI is InChI=1S/C16H21N3O2/c1-12-14(11-15(20)19(3)10-9-17-2)18-16(21-12)13-7-5-4-6-8-13/h4-8,17H,9-11H2,1-3H3. The van der Waals surface area contributed by atoms with Gasteiger partial charge in [0.1, 0.15) is 5.76 Å². The van der Waals surface area contributed by atoms with Crippen molar-refractivity contribution in [2.24, 2.45) is 0 Å². The summed E-state index contributed by atoms with van der Waals surface area (Å²) in [6.45, 7) is 3.29. The molecule has 1 heterocycles. The smallest absolute Gasteiger partial charge is 0.228 e. The first-order chi connectivity index (χ1) is 10.1. The number of oxazole rings is 1. The molecule has 0 fully saturated rings. The predicted molar refractivity (Wildman–Crippen MR) is 81.9 cm³/mol. The normalized spacial score (nSPS) is 10.6. The minimum absolute atomic E-state index is 0.0428. The van der Waals surface area contributed by atoms with Crippen molar-refractivity contribution in [3.05, 3.63) is 41.8 Å². The molecule has 0 aliphatic rings. The van der Waals surface area contributed by atoms with Crippen LogP contribution >= 0.6 is 0 Å². The second kappa shape index (κ2) is 7.04. The highest BCUT2D eigenvalue weighted by atomic mass is 16.4. The van der Waals surface area contributed by atoms with Gasteiger partial charge >= 0.3 is 0 Å². The number of rotatable bonds is 6. The minimum atomic E-state index is 0.0428.